The van der Waals surface area contributed by atoms with Gasteiger partial charge in [-0.3, -0.25) is 5.41 Å². The van der Waals surface area contributed by atoms with Crippen LogP contribution >= 0.6 is 11.3 Å². The monoisotopic (exact) mass is 218 g/mol. The van der Waals surface area contributed by atoms with Crippen molar-refractivity contribution in [1.29, 1.82) is 5.41 Å². The molecule has 78 valence electrons. The summed E-state index contributed by atoms with van der Waals surface area (Å²) in [7, 11) is 0. The number of nitrogens with two attached hydrogens (primary N) is 1. The zero-order valence-electron chi connectivity index (χ0n) is 8.60. The van der Waals surface area contributed by atoms with Crippen LogP contribution in [0.1, 0.15) is 10.4 Å². The summed E-state index contributed by atoms with van der Waals surface area (Å²) in [5, 5.41) is 9.09. The smallest absolute Gasteiger partial charge is 0.122 e. The lowest BCUT2D eigenvalue weighted by Gasteiger charge is -1.93. The summed E-state index contributed by atoms with van der Waals surface area (Å²) < 4.78 is 0. The zero-order chi connectivity index (χ0) is 11.1. The van der Waals surface area contributed by atoms with Gasteiger partial charge in [-0.25, -0.2) is 0 Å². The van der Waals surface area contributed by atoms with E-state index in [0.717, 1.165) is 5.56 Å². The Bertz CT molecular complexity index is 393. The fourth-order valence-corrected chi connectivity index (χ4v) is 1.51. The summed E-state index contributed by atoms with van der Waals surface area (Å²) in [4.78, 5) is 1.38. The normalized spacial score (nSPS) is 8.87. The van der Waals surface area contributed by atoms with E-state index < -0.39 is 0 Å². The summed E-state index contributed by atoms with van der Waals surface area (Å²) in [6.45, 7) is 2.10. The van der Waals surface area contributed by atoms with Gasteiger partial charge in [0.2, 0.25) is 0 Å². The first kappa shape index (κ1) is 11.5. The van der Waals surface area contributed by atoms with Gasteiger partial charge >= 0.3 is 0 Å². The summed E-state index contributed by atoms with van der Waals surface area (Å²) >= 11 is 1.78. The van der Waals surface area contributed by atoms with Gasteiger partial charge in [0.1, 0.15) is 5.84 Å². The quantitative estimate of drug-likeness (QED) is 0.561. The number of nitrogen functional groups attached to an aromatic ring is 1. The number of amidine groups is 1. The first-order valence-corrected chi connectivity index (χ1v) is 5.47. The lowest BCUT2D eigenvalue weighted by Crippen LogP contribution is -2.10. The highest BCUT2D eigenvalue weighted by Gasteiger charge is 1.89. The van der Waals surface area contributed by atoms with Gasteiger partial charge in [-0.15, -0.1) is 11.3 Å². The van der Waals surface area contributed by atoms with Crippen LogP contribution in [0.5, 0.6) is 0 Å². The molecule has 1 heterocycles. The Hall–Kier alpha value is -1.61. The van der Waals surface area contributed by atoms with Crippen molar-refractivity contribution in [2.45, 2.75) is 6.92 Å². The molecule has 0 aliphatic carbocycles. The Morgan fingerprint density at radius 1 is 1.13 bits per heavy atom. The zero-order valence-corrected chi connectivity index (χ0v) is 9.42. The molecule has 2 aromatic rings. The van der Waals surface area contributed by atoms with Crippen molar-refractivity contribution in [2.24, 2.45) is 5.73 Å². The van der Waals surface area contributed by atoms with Crippen molar-refractivity contribution in [2.75, 3.05) is 0 Å². The number of nitrogens with one attached hydrogen (secondary N) is 1. The molecule has 2 nitrogen and oxygen atoms in total. The SMILES string of the molecule is Cc1cccs1.N=C(N)c1ccccc1. The summed E-state index contributed by atoms with van der Waals surface area (Å²) in [5.41, 5.74) is 5.97. The van der Waals surface area contributed by atoms with E-state index in [1.807, 2.05) is 30.3 Å². The van der Waals surface area contributed by atoms with E-state index in [9.17, 15) is 0 Å². The van der Waals surface area contributed by atoms with Crippen LogP contribution in [0, 0.1) is 12.3 Å². The van der Waals surface area contributed by atoms with Crippen molar-refractivity contribution in [3.63, 3.8) is 0 Å². The van der Waals surface area contributed by atoms with Crippen LogP contribution in [0.15, 0.2) is 47.8 Å². The topological polar surface area (TPSA) is 49.9 Å². The van der Waals surface area contributed by atoms with Gasteiger partial charge in [0, 0.05) is 10.4 Å². The van der Waals surface area contributed by atoms with Crippen LogP contribution in [-0.2, 0) is 0 Å². The molecule has 0 radical (unpaired) electrons. The molecule has 0 saturated heterocycles. The molecule has 1 aromatic carbocycles. The standard InChI is InChI=1S/C7H8N2.C5H6S/c8-7(9)6-4-2-1-3-5-6;1-5-3-2-4-6-5/h1-5H,(H3,8,9);2-4H,1H3. The van der Waals surface area contributed by atoms with Gasteiger partial charge in [-0.1, -0.05) is 36.4 Å². The Morgan fingerprint density at radius 2 is 1.80 bits per heavy atom. The third-order valence-electron chi connectivity index (χ3n) is 1.75. The maximum atomic E-state index is 7.01. The van der Waals surface area contributed by atoms with Crippen LogP contribution in [-0.4, -0.2) is 5.84 Å². The fraction of sp³-hybridized carbons (Fsp3) is 0.0833. The van der Waals surface area contributed by atoms with E-state index in [2.05, 4.69) is 24.4 Å². The molecule has 1 aromatic heterocycles. The molecule has 0 unspecified atom stereocenters. The maximum Gasteiger partial charge on any atom is 0.122 e. The van der Waals surface area contributed by atoms with Crippen LogP contribution < -0.4 is 5.73 Å². The second-order valence-electron chi connectivity index (χ2n) is 3.00. The summed E-state index contributed by atoms with van der Waals surface area (Å²) in [5.74, 6) is 0.121. The molecule has 0 fully saturated rings. The molecular weight excluding hydrogens is 204 g/mol. The van der Waals surface area contributed by atoms with Crippen molar-refractivity contribution in [1.82, 2.24) is 0 Å². The summed E-state index contributed by atoms with van der Waals surface area (Å²) in [6.07, 6.45) is 0. The molecule has 0 bridgehead atoms. The van der Waals surface area contributed by atoms with E-state index in [4.69, 9.17) is 11.1 Å². The number of aryl methyl sites for hydroxylation is 1. The average molecular weight is 218 g/mol. The molecule has 0 aliphatic rings. The molecule has 0 atom stereocenters. The molecule has 0 spiro atoms. The Balaban J connectivity index is 0.000000162. The van der Waals surface area contributed by atoms with Crippen molar-refractivity contribution < 1.29 is 0 Å². The average Bonchev–Trinajstić information content (AvgIpc) is 2.71. The van der Waals surface area contributed by atoms with Crippen LogP contribution in [0.25, 0.3) is 0 Å². The number of rotatable bonds is 1. The predicted octanol–water partition coefficient (Wildman–Crippen LogP) is 3.03. The Kier molecular flexibility index (Phi) is 4.57. The van der Waals surface area contributed by atoms with E-state index in [1.165, 1.54) is 4.88 Å². The highest BCUT2D eigenvalue weighted by Crippen LogP contribution is 2.03. The lowest BCUT2D eigenvalue weighted by molar-refractivity contribution is 1.42. The minimum absolute atomic E-state index is 0.121. The van der Waals surface area contributed by atoms with Crippen LogP contribution in [0.3, 0.4) is 0 Å². The molecule has 0 aliphatic heterocycles. The van der Waals surface area contributed by atoms with Crippen molar-refractivity contribution >= 4 is 17.2 Å². The third-order valence-corrected chi connectivity index (χ3v) is 2.55. The first-order valence-electron chi connectivity index (χ1n) is 4.59. The predicted molar refractivity (Wildman–Crippen MR) is 66.5 cm³/mol. The lowest BCUT2D eigenvalue weighted by atomic mass is 10.2. The van der Waals surface area contributed by atoms with Crippen LogP contribution in [0.2, 0.25) is 0 Å². The molecule has 0 amide bonds. The minimum atomic E-state index is 0.121. The van der Waals surface area contributed by atoms with E-state index in [-0.39, 0.29) is 5.84 Å². The molecule has 3 heteroatoms. The van der Waals surface area contributed by atoms with E-state index >= 15 is 0 Å². The van der Waals surface area contributed by atoms with Gasteiger partial charge in [0.25, 0.3) is 0 Å². The number of hydrogen-bond acceptors (Lipinski definition) is 2. The first-order chi connectivity index (χ1) is 7.20. The number of thiophene rings is 1. The highest BCUT2D eigenvalue weighted by molar-refractivity contribution is 7.09. The second-order valence-corrected chi connectivity index (χ2v) is 4.16. The van der Waals surface area contributed by atoms with Crippen molar-refractivity contribution in [3.05, 3.63) is 58.3 Å². The third kappa shape index (κ3) is 4.42. The molecule has 2 rings (SSSR count). The molecular formula is C12H14N2S. The second kappa shape index (κ2) is 5.98. The van der Waals surface area contributed by atoms with Crippen LogP contribution in [0.4, 0.5) is 0 Å². The molecule has 3 N–H and O–H groups in total. The summed E-state index contributed by atoms with van der Waals surface area (Å²) in [6, 6.07) is 13.4. The van der Waals surface area contributed by atoms with E-state index in [1.54, 1.807) is 11.3 Å². The number of benzene rings is 1. The largest absolute Gasteiger partial charge is 0.384 e. The fourth-order valence-electron chi connectivity index (χ4n) is 0.978. The molecule has 0 saturated carbocycles. The molecule has 15 heavy (non-hydrogen) atoms. The Morgan fingerprint density at radius 3 is 2.07 bits per heavy atom. The Labute approximate surface area is 93.9 Å². The van der Waals surface area contributed by atoms with Gasteiger partial charge in [0.15, 0.2) is 0 Å². The minimum Gasteiger partial charge on any atom is -0.384 e. The highest BCUT2D eigenvalue weighted by atomic mass is 32.1. The van der Waals surface area contributed by atoms with E-state index in [0.29, 0.717) is 0 Å². The number of hydrogen-bond donors (Lipinski definition) is 2. The van der Waals surface area contributed by atoms with Gasteiger partial charge in [-0.2, -0.15) is 0 Å². The maximum absolute atomic E-state index is 7.01. The van der Waals surface area contributed by atoms with Gasteiger partial charge in [-0.05, 0) is 18.4 Å². The van der Waals surface area contributed by atoms with Crippen molar-refractivity contribution in [3.8, 4) is 0 Å². The van der Waals surface area contributed by atoms with Gasteiger partial charge in [0.05, 0.1) is 0 Å². The van der Waals surface area contributed by atoms with Gasteiger partial charge < -0.3 is 5.73 Å².